The normalized spacial score (nSPS) is 15.7. The van der Waals surface area contributed by atoms with E-state index in [1.165, 1.54) is 12.5 Å². The lowest BCUT2D eigenvalue weighted by atomic mass is 10.7. The van der Waals surface area contributed by atoms with Crippen LogP contribution in [0.2, 0.25) is 0 Å². The molecule has 0 radical (unpaired) electrons. The van der Waals surface area contributed by atoms with Gasteiger partial charge in [0.15, 0.2) is 0 Å². The molecule has 4 heteroatoms. The Kier molecular flexibility index (Phi) is 1.89. The predicted octanol–water partition coefficient (Wildman–Crippen LogP) is 0.932. The van der Waals surface area contributed by atoms with Gasteiger partial charge in [0.25, 0.3) is 0 Å². The van der Waals surface area contributed by atoms with E-state index in [1.54, 1.807) is 0 Å². The second-order valence-electron chi connectivity index (χ2n) is 2.21. The Morgan fingerprint density at radius 2 is 2.00 bits per heavy atom. The van der Waals surface area contributed by atoms with Crippen LogP contribution in [0, 0.1) is 0 Å². The molecule has 0 heterocycles. The molecule has 0 fully saturated rings. The van der Waals surface area contributed by atoms with Crippen molar-refractivity contribution in [1.82, 2.24) is 0 Å². The standard InChI is InChI=1S/C5H9ClO2S/c1-4-5(7)9(2,3,6)8/h4H,1H2,2-3H3. The second kappa shape index (κ2) is 1.92. The van der Waals surface area contributed by atoms with Gasteiger partial charge in [0.2, 0.25) is 5.12 Å². The highest BCUT2D eigenvalue weighted by molar-refractivity contribution is 8.47. The molecular weight excluding hydrogens is 160 g/mol. The zero-order chi connectivity index (χ0) is 7.73. The van der Waals surface area contributed by atoms with Crippen LogP contribution in [0.3, 0.4) is 0 Å². The van der Waals surface area contributed by atoms with Gasteiger partial charge in [-0.15, -0.1) is 0 Å². The molecule has 0 saturated heterocycles. The molecule has 0 atom stereocenters. The summed E-state index contributed by atoms with van der Waals surface area (Å²) in [7, 11) is 1.85. The minimum absolute atomic E-state index is 0.603. The molecule has 0 unspecified atom stereocenters. The quantitative estimate of drug-likeness (QED) is 0.431. The Morgan fingerprint density at radius 1 is 1.67 bits per heavy atom. The third-order valence-electron chi connectivity index (χ3n) is 0.727. The smallest absolute Gasteiger partial charge is 0.232 e. The minimum Gasteiger partial charge on any atom is -0.280 e. The third-order valence-corrected chi connectivity index (χ3v) is 2.47. The summed E-state index contributed by atoms with van der Waals surface area (Å²) < 4.78 is 11.1. The molecule has 0 aliphatic rings. The van der Waals surface area contributed by atoms with Gasteiger partial charge in [-0.05, 0) is 16.8 Å². The molecule has 0 saturated carbocycles. The van der Waals surface area contributed by atoms with Gasteiger partial charge in [-0.25, -0.2) is 0 Å². The summed E-state index contributed by atoms with van der Waals surface area (Å²) in [6, 6.07) is 0. The maximum absolute atomic E-state index is 11.1. The van der Waals surface area contributed by atoms with Gasteiger partial charge in [-0.2, -0.15) is 0 Å². The predicted molar refractivity (Wildman–Crippen MR) is 41.0 cm³/mol. The minimum atomic E-state index is -3.52. The highest BCUT2D eigenvalue weighted by Crippen LogP contribution is 2.24. The maximum atomic E-state index is 11.1. The average molecular weight is 169 g/mol. The van der Waals surface area contributed by atoms with Gasteiger partial charge in [0.05, 0.1) is 0 Å². The fraction of sp³-hybridized carbons (Fsp3) is 0.400. The van der Waals surface area contributed by atoms with Crippen molar-refractivity contribution in [3.05, 3.63) is 12.7 Å². The molecule has 0 aliphatic heterocycles. The summed E-state index contributed by atoms with van der Waals surface area (Å²) in [5.41, 5.74) is 0. The van der Waals surface area contributed by atoms with Crippen molar-refractivity contribution in [2.75, 3.05) is 12.5 Å². The maximum Gasteiger partial charge on any atom is 0.232 e. The van der Waals surface area contributed by atoms with Gasteiger partial charge < -0.3 is 0 Å². The number of hydrogen-bond donors (Lipinski definition) is 0. The largest absolute Gasteiger partial charge is 0.280 e. The SMILES string of the molecule is C=CC(=O)S(C)(C)(=O)Cl. The number of carbonyl (C=O) groups excluding carboxylic acids is 1. The van der Waals surface area contributed by atoms with E-state index in [1.807, 2.05) is 0 Å². The van der Waals surface area contributed by atoms with Crippen LogP contribution in [0.25, 0.3) is 0 Å². The Labute approximate surface area is 58.8 Å². The second-order valence-corrected chi connectivity index (χ2v) is 8.66. The number of halogens is 1. The first kappa shape index (κ1) is 8.85. The molecule has 0 rings (SSSR count). The van der Waals surface area contributed by atoms with Gasteiger partial charge >= 0.3 is 0 Å². The van der Waals surface area contributed by atoms with E-state index in [-0.39, 0.29) is 0 Å². The van der Waals surface area contributed by atoms with Crippen LogP contribution in [-0.4, -0.2) is 21.8 Å². The summed E-state index contributed by atoms with van der Waals surface area (Å²) in [5.74, 6) is 0. The third kappa shape index (κ3) is 2.77. The van der Waals surface area contributed by atoms with Crippen LogP contribution in [0.4, 0.5) is 0 Å². The van der Waals surface area contributed by atoms with Crippen LogP contribution in [0.5, 0.6) is 0 Å². The summed E-state index contributed by atoms with van der Waals surface area (Å²) in [4.78, 5) is 10.6. The van der Waals surface area contributed by atoms with Crippen molar-refractivity contribution in [1.29, 1.82) is 0 Å². The average Bonchev–Trinajstić information content (AvgIpc) is 1.60. The van der Waals surface area contributed by atoms with Crippen molar-refractivity contribution in [2.24, 2.45) is 0 Å². The summed E-state index contributed by atoms with van der Waals surface area (Å²) >= 11 is 0. The first-order chi connectivity index (χ1) is 3.74. The molecule has 0 spiro atoms. The van der Waals surface area contributed by atoms with Crippen molar-refractivity contribution in [3.63, 3.8) is 0 Å². The van der Waals surface area contributed by atoms with Crippen LogP contribution < -0.4 is 0 Å². The molecule has 0 bridgehead atoms. The first-order valence-corrected chi connectivity index (χ1v) is 5.85. The van der Waals surface area contributed by atoms with Crippen LogP contribution in [-0.2, 0) is 13.1 Å². The van der Waals surface area contributed by atoms with Crippen LogP contribution in [0.1, 0.15) is 0 Å². The van der Waals surface area contributed by atoms with E-state index < -0.39 is 13.4 Å². The number of carbonyl (C=O) groups is 1. The van der Waals surface area contributed by atoms with Crippen molar-refractivity contribution in [2.45, 2.75) is 0 Å². The van der Waals surface area contributed by atoms with E-state index in [0.717, 1.165) is 6.08 Å². The number of hydrogen-bond acceptors (Lipinski definition) is 2. The molecule has 54 valence electrons. The molecular formula is C5H9ClO2S. The lowest BCUT2D eigenvalue weighted by Crippen LogP contribution is -2.29. The summed E-state index contributed by atoms with van der Waals surface area (Å²) in [5, 5.41) is -0.603. The lowest BCUT2D eigenvalue weighted by Gasteiger charge is -2.20. The van der Waals surface area contributed by atoms with E-state index in [2.05, 4.69) is 6.58 Å². The molecule has 0 N–H and O–H groups in total. The molecule has 0 amide bonds. The first-order valence-electron chi connectivity index (χ1n) is 2.24. The van der Waals surface area contributed by atoms with E-state index in [9.17, 15) is 9.00 Å². The van der Waals surface area contributed by atoms with Crippen LogP contribution >= 0.6 is 10.7 Å². The highest BCUT2D eigenvalue weighted by atomic mass is 35.7. The molecule has 0 aromatic heterocycles. The molecule has 9 heavy (non-hydrogen) atoms. The molecule has 0 aliphatic carbocycles. The topological polar surface area (TPSA) is 34.1 Å². The molecule has 0 aromatic rings. The monoisotopic (exact) mass is 168 g/mol. The Balaban J connectivity index is 4.79. The lowest BCUT2D eigenvalue weighted by molar-refractivity contribution is -0.107. The fourth-order valence-electron chi connectivity index (χ4n) is 0.232. The van der Waals surface area contributed by atoms with Gasteiger partial charge in [-0.1, -0.05) is 6.58 Å². The molecule has 0 aromatic carbocycles. The van der Waals surface area contributed by atoms with E-state index in [4.69, 9.17) is 10.7 Å². The van der Waals surface area contributed by atoms with Crippen molar-refractivity contribution < 1.29 is 9.00 Å². The van der Waals surface area contributed by atoms with Gasteiger partial charge in [0, 0.05) is 20.8 Å². The highest BCUT2D eigenvalue weighted by Gasteiger charge is 2.28. The van der Waals surface area contributed by atoms with E-state index >= 15 is 0 Å². The Bertz CT molecular complexity index is 202. The van der Waals surface area contributed by atoms with Gasteiger partial charge in [0.1, 0.15) is 0 Å². The van der Waals surface area contributed by atoms with Crippen LogP contribution in [0.15, 0.2) is 12.7 Å². The fourth-order valence-corrected chi connectivity index (χ4v) is 0.886. The van der Waals surface area contributed by atoms with Crippen molar-refractivity contribution >= 4 is 24.1 Å². The summed E-state index contributed by atoms with van der Waals surface area (Å²) in [6.45, 7) is 3.17. The van der Waals surface area contributed by atoms with Crippen molar-refractivity contribution in [3.8, 4) is 0 Å². The Hall–Kier alpha value is -0.150. The zero-order valence-electron chi connectivity index (χ0n) is 5.39. The number of rotatable bonds is 1. The summed E-state index contributed by atoms with van der Waals surface area (Å²) in [6.07, 6.45) is 3.40. The zero-order valence-corrected chi connectivity index (χ0v) is 6.96. The molecule has 2 nitrogen and oxygen atoms in total. The Morgan fingerprint density at radius 3 is 2.00 bits per heavy atom. The van der Waals surface area contributed by atoms with E-state index in [0.29, 0.717) is 0 Å². The van der Waals surface area contributed by atoms with Gasteiger partial charge in [-0.3, -0.25) is 9.00 Å².